The lowest BCUT2D eigenvalue weighted by Crippen LogP contribution is -2.42. The van der Waals surface area contributed by atoms with Crippen molar-refractivity contribution in [2.75, 3.05) is 11.4 Å². The number of benzene rings is 3. The SMILES string of the molecule is O=C(C[C@@]1(O)C(=O)N(CCc2ccccc2)c2ccc(Br)cc21)c1ccc(Cl)cc1. The van der Waals surface area contributed by atoms with Gasteiger partial charge in [-0.15, -0.1) is 0 Å². The zero-order valence-electron chi connectivity index (χ0n) is 16.0. The van der Waals surface area contributed by atoms with Gasteiger partial charge in [0.2, 0.25) is 0 Å². The normalized spacial score (nSPS) is 17.8. The number of hydrogen-bond acceptors (Lipinski definition) is 3. The van der Waals surface area contributed by atoms with E-state index in [0.29, 0.717) is 34.8 Å². The summed E-state index contributed by atoms with van der Waals surface area (Å²) in [5.74, 6) is -0.799. The Bertz CT molecular complexity index is 1100. The van der Waals surface area contributed by atoms with Gasteiger partial charge < -0.3 is 10.0 Å². The average Bonchev–Trinajstić information content (AvgIpc) is 2.94. The van der Waals surface area contributed by atoms with Crippen LogP contribution in [0, 0.1) is 0 Å². The summed E-state index contributed by atoms with van der Waals surface area (Å²) in [4.78, 5) is 27.8. The Morgan fingerprint density at radius 3 is 2.43 bits per heavy atom. The molecule has 0 aromatic heterocycles. The first-order valence-corrected chi connectivity index (χ1v) is 10.7. The third kappa shape index (κ3) is 3.93. The van der Waals surface area contributed by atoms with E-state index in [2.05, 4.69) is 15.9 Å². The largest absolute Gasteiger partial charge is 0.375 e. The van der Waals surface area contributed by atoms with Crippen LogP contribution in [-0.2, 0) is 16.8 Å². The lowest BCUT2D eigenvalue weighted by molar-refractivity contribution is -0.135. The molecule has 152 valence electrons. The lowest BCUT2D eigenvalue weighted by Gasteiger charge is -2.23. The number of ketones is 1. The fourth-order valence-electron chi connectivity index (χ4n) is 3.77. The van der Waals surface area contributed by atoms with Crippen molar-refractivity contribution in [1.82, 2.24) is 0 Å². The van der Waals surface area contributed by atoms with E-state index in [0.717, 1.165) is 10.0 Å². The molecule has 30 heavy (non-hydrogen) atoms. The molecule has 4 nitrogen and oxygen atoms in total. The summed E-state index contributed by atoms with van der Waals surface area (Å²) < 4.78 is 0.733. The molecular weight excluding hydrogens is 466 g/mol. The highest BCUT2D eigenvalue weighted by Gasteiger charge is 2.50. The number of rotatable bonds is 6. The van der Waals surface area contributed by atoms with Crippen LogP contribution in [-0.4, -0.2) is 23.3 Å². The molecule has 0 fully saturated rings. The molecule has 3 aromatic carbocycles. The second-order valence-corrected chi connectivity index (χ2v) is 8.67. The summed E-state index contributed by atoms with van der Waals surface area (Å²) in [6.45, 7) is 0.412. The zero-order chi connectivity index (χ0) is 21.3. The molecule has 6 heteroatoms. The summed E-state index contributed by atoms with van der Waals surface area (Å²) in [6, 6.07) is 21.6. The van der Waals surface area contributed by atoms with Gasteiger partial charge in [0.25, 0.3) is 5.91 Å². The monoisotopic (exact) mass is 483 g/mol. The molecule has 1 heterocycles. The molecule has 1 atom stereocenters. The van der Waals surface area contributed by atoms with Crippen LogP contribution in [0.4, 0.5) is 5.69 Å². The Morgan fingerprint density at radius 2 is 1.73 bits per heavy atom. The smallest absolute Gasteiger partial charge is 0.264 e. The first-order valence-electron chi connectivity index (χ1n) is 9.55. The zero-order valence-corrected chi connectivity index (χ0v) is 18.4. The molecule has 0 saturated carbocycles. The van der Waals surface area contributed by atoms with Crippen LogP contribution in [0.1, 0.15) is 27.9 Å². The molecule has 1 aliphatic rings. The van der Waals surface area contributed by atoms with E-state index in [4.69, 9.17) is 11.6 Å². The van der Waals surface area contributed by atoms with Crippen LogP contribution in [0.25, 0.3) is 0 Å². The number of anilines is 1. The van der Waals surface area contributed by atoms with Crippen LogP contribution >= 0.6 is 27.5 Å². The van der Waals surface area contributed by atoms with Gasteiger partial charge >= 0.3 is 0 Å². The van der Waals surface area contributed by atoms with Crippen LogP contribution in [0.3, 0.4) is 0 Å². The Hall–Kier alpha value is -2.47. The van der Waals surface area contributed by atoms with Crippen molar-refractivity contribution in [2.45, 2.75) is 18.4 Å². The van der Waals surface area contributed by atoms with Gasteiger partial charge in [0, 0.05) is 27.2 Å². The summed E-state index contributed by atoms with van der Waals surface area (Å²) >= 11 is 9.31. The van der Waals surface area contributed by atoms with E-state index >= 15 is 0 Å². The van der Waals surface area contributed by atoms with Crippen molar-refractivity contribution in [3.63, 3.8) is 0 Å². The van der Waals surface area contributed by atoms with E-state index in [1.807, 2.05) is 36.4 Å². The summed E-state index contributed by atoms with van der Waals surface area (Å²) in [7, 11) is 0. The standard InChI is InChI=1S/C24H19BrClNO3/c25-18-8-11-21-20(14-18)24(30,15-22(28)17-6-9-19(26)10-7-17)23(29)27(21)13-12-16-4-2-1-3-5-16/h1-11,14,30H,12-13,15H2/t24-/m0/s1. The van der Waals surface area contributed by atoms with Gasteiger partial charge in [-0.1, -0.05) is 57.9 Å². The number of amides is 1. The molecule has 0 saturated heterocycles. The number of carbonyl (C=O) groups is 2. The maximum atomic E-state index is 13.3. The predicted molar refractivity (Wildman–Crippen MR) is 121 cm³/mol. The molecule has 4 rings (SSSR count). The topological polar surface area (TPSA) is 57.6 Å². The van der Waals surface area contributed by atoms with Crippen molar-refractivity contribution in [3.05, 3.63) is 99.0 Å². The van der Waals surface area contributed by atoms with E-state index in [9.17, 15) is 14.7 Å². The molecule has 0 unspecified atom stereocenters. The summed E-state index contributed by atoms with van der Waals surface area (Å²) in [5.41, 5.74) is 0.659. The maximum absolute atomic E-state index is 13.3. The van der Waals surface area contributed by atoms with Gasteiger partial charge in [-0.3, -0.25) is 9.59 Å². The Morgan fingerprint density at radius 1 is 1.03 bits per heavy atom. The van der Waals surface area contributed by atoms with Gasteiger partial charge in [0.1, 0.15) is 0 Å². The predicted octanol–water partition coefficient (Wildman–Crippen LogP) is 5.15. The van der Waals surface area contributed by atoms with E-state index in [1.54, 1.807) is 41.3 Å². The molecule has 3 aromatic rings. The molecule has 1 aliphatic heterocycles. The van der Waals surface area contributed by atoms with Gasteiger partial charge in [0.15, 0.2) is 11.4 Å². The Kier molecular flexibility index (Phi) is 5.78. The first kappa shape index (κ1) is 20.8. The summed E-state index contributed by atoms with van der Waals surface area (Å²) in [6.07, 6.45) is 0.308. The average molecular weight is 485 g/mol. The van der Waals surface area contributed by atoms with Crippen molar-refractivity contribution >= 4 is 44.9 Å². The number of carbonyl (C=O) groups excluding carboxylic acids is 2. The number of Topliss-reactive ketones (excluding diaryl/α,β-unsaturated/α-hetero) is 1. The number of hydrogen-bond donors (Lipinski definition) is 1. The number of halogens is 2. The molecule has 0 bridgehead atoms. The minimum absolute atomic E-state index is 0.321. The number of nitrogens with zero attached hydrogens (tertiary/aromatic N) is 1. The van der Waals surface area contributed by atoms with E-state index in [1.165, 1.54) is 0 Å². The van der Waals surface area contributed by atoms with Crippen LogP contribution in [0.15, 0.2) is 77.3 Å². The summed E-state index contributed by atoms with van der Waals surface area (Å²) in [5, 5.41) is 11.9. The first-order chi connectivity index (χ1) is 14.4. The van der Waals surface area contributed by atoms with Crippen LogP contribution in [0.2, 0.25) is 5.02 Å². The minimum Gasteiger partial charge on any atom is -0.375 e. The fraction of sp³-hybridized carbons (Fsp3) is 0.167. The number of aliphatic hydroxyl groups is 1. The highest BCUT2D eigenvalue weighted by Crippen LogP contribution is 2.44. The molecule has 0 aliphatic carbocycles. The van der Waals surface area contributed by atoms with Crippen molar-refractivity contribution < 1.29 is 14.7 Å². The van der Waals surface area contributed by atoms with Crippen LogP contribution in [0.5, 0.6) is 0 Å². The second-order valence-electron chi connectivity index (χ2n) is 7.32. The Balaban J connectivity index is 1.64. The van der Waals surface area contributed by atoms with Crippen molar-refractivity contribution in [3.8, 4) is 0 Å². The van der Waals surface area contributed by atoms with Crippen molar-refractivity contribution in [1.29, 1.82) is 0 Å². The molecule has 1 N–H and O–H groups in total. The highest BCUT2D eigenvalue weighted by molar-refractivity contribution is 9.10. The van der Waals surface area contributed by atoms with E-state index in [-0.39, 0.29) is 12.2 Å². The van der Waals surface area contributed by atoms with Gasteiger partial charge in [-0.2, -0.15) is 0 Å². The fourth-order valence-corrected chi connectivity index (χ4v) is 4.26. The molecular formula is C24H19BrClNO3. The minimum atomic E-state index is -1.91. The van der Waals surface area contributed by atoms with Crippen LogP contribution < -0.4 is 4.90 Å². The highest BCUT2D eigenvalue weighted by atomic mass is 79.9. The Labute approximate surface area is 188 Å². The molecule has 0 spiro atoms. The molecule has 1 amide bonds. The van der Waals surface area contributed by atoms with Crippen molar-refractivity contribution in [2.24, 2.45) is 0 Å². The van der Waals surface area contributed by atoms with Gasteiger partial charge in [-0.25, -0.2) is 0 Å². The quantitative estimate of drug-likeness (QED) is 0.492. The van der Waals surface area contributed by atoms with E-state index < -0.39 is 11.5 Å². The second kappa shape index (κ2) is 8.34. The van der Waals surface area contributed by atoms with Gasteiger partial charge in [-0.05, 0) is 54.4 Å². The number of fused-ring (bicyclic) bond motifs is 1. The third-order valence-electron chi connectivity index (χ3n) is 5.34. The van der Waals surface area contributed by atoms with Gasteiger partial charge in [0.05, 0.1) is 12.1 Å². The third-order valence-corrected chi connectivity index (χ3v) is 6.09. The molecule has 0 radical (unpaired) electrons. The lowest BCUT2D eigenvalue weighted by atomic mass is 9.88. The maximum Gasteiger partial charge on any atom is 0.264 e.